The van der Waals surface area contributed by atoms with Crippen LogP contribution in [0.15, 0.2) is 0 Å². The van der Waals surface area contributed by atoms with Crippen molar-refractivity contribution in [3.8, 4) is 0 Å². The molecule has 1 heterocycles. The fourth-order valence-corrected chi connectivity index (χ4v) is 3.05. The summed E-state index contributed by atoms with van der Waals surface area (Å²) in [4.78, 5) is 12.9. The summed E-state index contributed by atoms with van der Waals surface area (Å²) in [7, 11) is 0. The van der Waals surface area contributed by atoms with Gasteiger partial charge >= 0.3 is 0 Å². The van der Waals surface area contributed by atoms with Crippen LogP contribution in [0.4, 0.5) is 0 Å². The number of hydrogen-bond donors (Lipinski definition) is 1. The Kier molecular flexibility index (Phi) is 4.69. The van der Waals surface area contributed by atoms with Gasteiger partial charge in [0.15, 0.2) is 0 Å². The highest BCUT2D eigenvalue weighted by Crippen LogP contribution is 2.24. The van der Waals surface area contributed by atoms with E-state index >= 15 is 0 Å². The quantitative estimate of drug-likeness (QED) is 0.912. The Bertz CT molecular complexity index is 397. The Morgan fingerprint density at radius 2 is 2.11 bits per heavy atom. The molecule has 18 heavy (non-hydrogen) atoms. The molecule has 1 aliphatic carbocycles. The van der Waals surface area contributed by atoms with E-state index in [-0.39, 0.29) is 5.91 Å². The Morgan fingerprint density at radius 3 is 2.78 bits per heavy atom. The zero-order valence-electron chi connectivity index (χ0n) is 11.1. The predicted molar refractivity (Wildman–Crippen MR) is 72.8 cm³/mol. The molecule has 0 unspecified atom stereocenters. The molecule has 100 valence electrons. The van der Waals surface area contributed by atoms with Crippen molar-refractivity contribution in [2.75, 3.05) is 0 Å². The zero-order chi connectivity index (χ0) is 13.0. The van der Waals surface area contributed by atoms with Crippen molar-refractivity contribution in [2.24, 2.45) is 5.92 Å². The van der Waals surface area contributed by atoms with Gasteiger partial charge in [-0.2, -0.15) is 0 Å². The number of amides is 1. The van der Waals surface area contributed by atoms with Gasteiger partial charge in [0.2, 0.25) is 0 Å². The van der Waals surface area contributed by atoms with Crippen molar-refractivity contribution in [1.82, 2.24) is 14.9 Å². The summed E-state index contributed by atoms with van der Waals surface area (Å²) in [6, 6.07) is 0.338. The average Bonchev–Trinajstić information content (AvgIpc) is 2.81. The molecule has 0 aromatic carbocycles. The average molecular weight is 267 g/mol. The molecule has 2 rings (SSSR count). The maximum atomic E-state index is 12.2. The minimum atomic E-state index is 0.0213. The van der Waals surface area contributed by atoms with E-state index in [0.29, 0.717) is 10.9 Å². The fourth-order valence-electron chi connectivity index (χ4n) is 2.44. The molecule has 0 saturated heterocycles. The second kappa shape index (κ2) is 6.27. The lowest BCUT2D eigenvalue weighted by Gasteiger charge is -2.26. The third kappa shape index (κ3) is 3.28. The van der Waals surface area contributed by atoms with Gasteiger partial charge in [0.25, 0.3) is 5.91 Å². The predicted octanol–water partition coefficient (Wildman–Crippen LogP) is 2.80. The van der Waals surface area contributed by atoms with Crippen LogP contribution in [0.5, 0.6) is 0 Å². The maximum absolute atomic E-state index is 12.2. The van der Waals surface area contributed by atoms with Crippen LogP contribution in [0.1, 0.15) is 61.3 Å². The minimum Gasteiger partial charge on any atom is -0.349 e. The van der Waals surface area contributed by atoms with Gasteiger partial charge in [0, 0.05) is 6.04 Å². The molecular formula is C13H21N3OS. The first kappa shape index (κ1) is 13.5. The molecule has 1 saturated carbocycles. The molecule has 1 aromatic rings. The number of nitrogens with one attached hydrogen (secondary N) is 1. The van der Waals surface area contributed by atoms with Gasteiger partial charge in [-0.15, -0.1) is 5.10 Å². The zero-order valence-corrected chi connectivity index (χ0v) is 11.9. The van der Waals surface area contributed by atoms with Gasteiger partial charge in [-0.3, -0.25) is 4.79 Å². The molecular weight excluding hydrogens is 246 g/mol. The van der Waals surface area contributed by atoms with Gasteiger partial charge < -0.3 is 5.32 Å². The largest absolute Gasteiger partial charge is 0.349 e. The SMILES string of the molecule is CCCc1nnsc1C(=O)NC1CCC(C)CC1. The van der Waals surface area contributed by atoms with Crippen LogP contribution in [-0.4, -0.2) is 21.5 Å². The van der Waals surface area contributed by atoms with Gasteiger partial charge in [0.1, 0.15) is 4.88 Å². The standard InChI is InChI=1S/C13H21N3OS/c1-3-4-11-12(18-16-15-11)13(17)14-10-7-5-9(2)6-8-10/h9-10H,3-8H2,1-2H3,(H,14,17). The maximum Gasteiger partial charge on any atom is 0.265 e. The minimum absolute atomic E-state index is 0.0213. The summed E-state index contributed by atoms with van der Waals surface area (Å²) >= 11 is 1.21. The van der Waals surface area contributed by atoms with Gasteiger partial charge in [-0.1, -0.05) is 24.8 Å². The fraction of sp³-hybridized carbons (Fsp3) is 0.769. The summed E-state index contributed by atoms with van der Waals surface area (Å²) in [5.41, 5.74) is 0.851. The van der Waals surface area contributed by atoms with Crippen LogP contribution in [0.2, 0.25) is 0 Å². The van der Waals surface area contributed by atoms with Crippen LogP contribution in [0, 0.1) is 5.92 Å². The second-order valence-electron chi connectivity index (χ2n) is 5.23. The van der Waals surface area contributed by atoms with Crippen LogP contribution >= 0.6 is 11.5 Å². The highest BCUT2D eigenvalue weighted by molar-refractivity contribution is 7.08. The molecule has 1 aliphatic rings. The first-order valence-electron chi connectivity index (χ1n) is 6.82. The van der Waals surface area contributed by atoms with E-state index < -0.39 is 0 Å². The van der Waals surface area contributed by atoms with E-state index in [0.717, 1.165) is 37.3 Å². The smallest absolute Gasteiger partial charge is 0.265 e. The number of rotatable bonds is 4. The number of carbonyl (C=O) groups excluding carboxylic acids is 1. The third-order valence-corrected chi connectivity index (χ3v) is 4.37. The first-order chi connectivity index (χ1) is 8.70. The van der Waals surface area contributed by atoms with E-state index in [1.165, 1.54) is 24.4 Å². The monoisotopic (exact) mass is 267 g/mol. The topological polar surface area (TPSA) is 54.9 Å². The number of aryl methyl sites for hydroxylation is 1. The van der Waals surface area contributed by atoms with Crippen LogP contribution in [-0.2, 0) is 6.42 Å². The molecule has 4 nitrogen and oxygen atoms in total. The van der Waals surface area contributed by atoms with E-state index in [1.807, 2.05) is 0 Å². The van der Waals surface area contributed by atoms with Crippen molar-refractivity contribution in [2.45, 2.75) is 58.4 Å². The van der Waals surface area contributed by atoms with Crippen LogP contribution < -0.4 is 5.32 Å². The molecule has 5 heteroatoms. The Balaban J connectivity index is 1.93. The van der Waals surface area contributed by atoms with Crippen molar-refractivity contribution < 1.29 is 4.79 Å². The normalized spacial score (nSPS) is 23.9. The Labute approximate surface area is 112 Å². The Hall–Kier alpha value is -0.970. The van der Waals surface area contributed by atoms with E-state index in [4.69, 9.17) is 0 Å². The van der Waals surface area contributed by atoms with Gasteiger partial charge in [-0.05, 0) is 49.6 Å². The van der Waals surface area contributed by atoms with Crippen LogP contribution in [0.25, 0.3) is 0 Å². The van der Waals surface area contributed by atoms with E-state index in [9.17, 15) is 4.79 Å². The van der Waals surface area contributed by atoms with Crippen molar-refractivity contribution >= 4 is 17.4 Å². The molecule has 1 amide bonds. The first-order valence-corrected chi connectivity index (χ1v) is 7.60. The molecule has 1 fully saturated rings. The summed E-state index contributed by atoms with van der Waals surface area (Å²) in [6.45, 7) is 4.37. The summed E-state index contributed by atoms with van der Waals surface area (Å²) < 4.78 is 3.90. The van der Waals surface area contributed by atoms with E-state index in [1.54, 1.807) is 0 Å². The molecule has 0 atom stereocenters. The summed E-state index contributed by atoms with van der Waals surface area (Å²) in [5.74, 6) is 0.826. The number of carbonyl (C=O) groups is 1. The lowest BCUT2D eigenvalue weighted by Crippen LogP contribution is -2.37. The molecule has 0 radical (unpaired) electrons. The van der Waals surface area contributed by atoms with Crippen molar-refractivity contribution in [3.63, 3.8) is 0 Å². The number of aromatic nitrogens is 2. The van der Waals surface area contributed by atoms with Crippen molar-refractivity contribution in [3.05, 3.63) is 10.6 Å². The molecule has 0 spiro atoms. The summed E-state index contributed by atoms with van der Waals surface area (Å²) in [6.07, 6.45) is 6.46. The van der Waals surface area contributed by atoms with Gasteiger partial charge in [-0.25, -0.2) is 0 Å². The molecule has 1 N–H and O–H groups in total. The number of hydrogen-bond acceptors (Lipinski definition) is 4. The molecule has 1 aromatic heterocycles. The summed E-state index contributed by atoms with van der Waals surface area (Å²) in [5, 5.41) is 7.17. The number of nitrogens with zero attached hydrogens (tertiary/aromatic N) is 2. The second-order valence-corrected chi connectivity index (χ2v) is 5.98. The highest BCUT2D eigenvalue weighted by Gasteiger charge is 2.22. The molecule has 0 aliphatic heterocycles. The van der Waals surface area contributed by atoms with Crippen molar-refractivity contribution in [1.29, 1.82) is 0 Å². The van der Waals surface area contributed by atoms with E-state index in [2.05, 4.69) is 28.8 Å². The lowest BCUT2D eigenvalue weighted by molar-refractivity contribution is 0.0926. The molecule has 0 bridgehead atoms. The third-order valence-electron chi connectivity index (χ3n) is 3.60. The lowest BCUT2D eigenvalue weighted by atomic mass is 9.87. The highest BCUT2D eigenvalue weighted by atomic mass is 32.1. The van der Waals surface area contributed by atoms with Gasteiger partial charge in [0.05, 0.1) is 5.69 Å². The Morgan fingerprint density at radius 1 is 1.39 bits per heavy atom. The van der Waals surface area contributed by atoms with Crippen LogP contribution in [0.3, 0.4) is 0 Å².